The standard InChI is InChI=1S/C27H32F3N5O3/c1-18-4-5-21(31-26(37)34-8-6-19(17-34)16-27(28,29)30)15-22(18)20-13-23(33-9-11-38-12-10-33)32-24(14-20)35-7-2-3-25(35)36/h4-5,13-15,19H,2-3,6-12,16-17H2,1H3,(H,31,37)/t19-/m0/s1. The van der Waals surface area contributed by atoms with Crippen LogP contribution in [-0.4, -0.2) is 73.9 Å². The number of aryl methyl sites for hydroxylation is 1. The van der Waals surface area contributed by atoms with E-state index >= 15 is 0 Å². The van der Waals surface area contributed by atoms with E-state index in [1.807, 2.05) is 31.2 Å². The molecule has 1 atom stereocenters. The molecule has 204 valence electrons. The van der Waals surface area contributed by atoms with E-state index in [1.54, 1.807) is 11.0 Å². The Hall–Kier alpha value is -3.34. The largest absolute Gasteiger partial charge is 0.389 e. The summed E-state index contributed by atoms with van der Waals surface area (Å²) in [5, 5.41) is 2.86. The third kappa shape index (κ3) is 6.03. The number of hydrogen-bond acceptors (Lipinski definition) is 5. The van der Waals surface area contributed by atoms with Gasteiger partial charge in [0.05, 0.1) is 13.2 Å². The van der Waals surface area contributed by atoms with Crippen molar-refractivity contribution in [1.29, 1.82) is 0 Å². The summed E-state index contributed by atoms with van der Waals surface area (Å²) < 4.78 is 43.8. The number of nitrogens with one attached hydrogen (secondary N) is 1. The highest BCUT2D eigenvalue weighted by Crippen LogP contribution is 2.34. The van der Waals surface area contributed by atoms with Gasteiger partial charge in [0.25, 0.3) is 0 Å². The molecule has 0 unspecified atom stereocenters. The number of urea groups is 1. The highest BCUT2D eigenvalue weighted by molar-refractivity contribution is 5.95. The van der Waals surface area contributed by atoms with Crippen molar-refractivity contribution in [2.45, 2.75) is 38.8 Å². The molecule has 1 N–H and O–H groups in total. The van der Waals surface area contributed by atoms with Crippen LogP contribution >= 0.6 is 0 Å². The number of halogens is 3. The number of ether oxygens (including phenoxy) is 1. The van der Waals surface area contributed by atoms with Crippen LogP contribution in [0.3, 0.4) is 0 Å². The number of morpholine rings is 1. The Labute approximate surface area is 219 Å². The van der Waals surface area contributed by atoms with E-state index in [2.05, 4.69) is 10.2 Å². The van der Waals surface area contributed by atoms with E-state index in [0.29, 0.717) is 63.7 Å². The number of benzene rings is 1. The summed E-state index contributed by atoms with van der Waals surface area (Å²) in [6, 6.07) is 9.04. The number of aromatic nitrogens is 1. The van der Waals surface area contributed by atoms with Gasteiger partial charge in [-0.2, -0.15) is 13.2 Å². The molecule has 3 fully saturated rings. The molecule has 0 bridgehead atoms. The Balaban J connectivity index is 1.39. The minimum absolute atomic E-state index is 0.0507. The van der Waals surface area contributed by atoms with E-state index in [9.17, 15) is 22.8 Å². The number of anilines is 3. The number of carbonyl (C=O) groups is 2. The Kier molecular flexibility index (Phi) is 7.47. The summed E-state index contributed by atoms with van der Waals surface area (Å²) in [4.78, 5) is 35.5. The number of hydrogen-bond donors (Lipinski definition) is 1. The molecule has 0 spiro atoms. The topological polar surface area (TPSA) is 78.0 Å². The van der Waals surface area contributed by atoms with Crippen LogP contribution in [0.2, 0.25) is 0 Å². The van der Waals surface area contributed by atoms with Gasteiger partial charge in [0.2, 0.25) is 5.91 Å². The summed E-state index contributed by atoms with van der Waals surface area (Å²) >= 11 is 0. The second-order valence-corrected chi connectivity index (χ2v) is 10.2. The normalized spacial score (nSPS) is 20.4. The van der Waals surface area contributed by atoms with Crippen LogP contribution in [0.4, 0.5) is 35.3 Å². The molecule has 0 aliphatic carbocycles. The summed E-state index contributed by atoms with van der Waals surface area (Å²) in [7, 11) is 0. The number of amides is 3. The maximum absolute atomic E-state index is 12.8. The highest BCUT2D eigenvalue weighted by atomic mass is 19.4. The van der Waals surface area contributed by atoms with Gasteiger partial charge < -0.3 is 19.9 Å². The van der Waals surface area contributed by atoms with E-state index in [4.69, 9.17) is 9.72 Å². The smallest absolute Gasteiger partial charge is 0.378 e. The Bertz CT molecular complexity index is 1200. The van der Waals surface area contributed by atoms with Crippen LogP contribution in [0.1, 0.15) is 31.2 Å². The van der Waals surface area contributed by atoms with Crippen LogP contribution in [0.5, 0.6) is 0 Å². The van der Waals surface area contributed by atoms with Crippen LogP contribution in [0.25, 0.3) is 11.1 Å². The number of nitrogens with zero attached hydrogens (tertiary/aromatic N) is 4. The van der Waals surface area contributed by atoms with Gasteiger partial charge in [0.15, 0.2) is 0 Å². The lowest BCUT2D eigenvalue weighted by molar-refractivity contribution is -0.143. The van der Waals surface area contributed by atoms with Gasteiger partial charge in [-0.3, -0.25) is 9.69 Å². The fourth-order valence-electron chi connectivity index (χ4n) is 5.36. The van der Waals surface area contributed by atoms with Crippen molar-refractivity contribution in [2.75, 3.05) is 61.1 Å². The first-order valence-corrected chi connectivity index (χ1v) is 13.0. The molecule has 38 heavy (non-hydrogen) atoms. The van der Waals surface area contributed by atoms with Gasteiger partial charge >= 0.3 is 12.2 Å². The van der Waals surface area contributed by atoms with Crippen molar-refractivity contribution in [1.82, 2.24) is 9.88 Å². The summed E-state index contributed by atoms with van der Waals surface area (Å²) in [5.74, 6) is 0.849. The fraction of sp³-hybridized carbons (Fsp3) is 0.519. The maximum atomic E-state index is 12.8. The molecule has 11 heteroatoms. The molecule has 3 aliphatic rings. The molecule has 4 heterocycles. The number of carbonyl (C=O) groups excluding carboxylic acids is 2. The number of pyridine rings is 1. The first-order valence-electron chi connectivity index (χ1n) is 13.0. The lowest BCUT2D eigenvalue weighted by Gasteiger charge is -2.29. The number of rotatable bonds is 5. The van der Waals surface area contributed by atoms with Gasteiger partial charge in [-0.05, 0) is 66.6 Å². The van der Waals surface area contributed by atoms with Gasteiger partial charge in [-0.15, -0.1) is 0 Å². The number of likely N-dealkylation sites (tertiary alicyclic amines) is 1. The molecule has 8 nitrogen and oxygen atoms in total. The number of alkyl halides is 3. The zero-order valence-corrected chi connectivity index (χ0v) is 21.4. The molecule has 1 aromatic carbocycles. The summed E-state index contributed by atoms with van der Waals surface area (Å²) in [6.07, 6.45) is -3.48. The van der Waals surface area contributed by atoms with E-state index in [0.717, 1.165) is 28.9 Å². The van der Waals surface area contributed by atoms with E-state index in [1.165, 1.54) is 4.90 Å². The molecule has 5 rings (SSSR count). The monoisotopic (exact) mass is 531 g/mol. The lowest BCUT2D eigenvalue weighted by atomic mass is 10.00. The zero-order chi connectivity index (χ0) is 26.9. The second-order valence-electron chi connectivity index (χ2n) is 10.2. The van der Waals surface area contributed by atoms with Gasteiger partial charge in [-0.1, -0.05) is 6.07 Å². The highest BCUT2D eigenvalue weighted by Gasteiger charge is 2.36. The van der Waals surface area contributed by atoms with Crippen molar-refractivity contribution in [3.63, 3.8) is 0 Å². The van der Waals surface area contributed by atoms with Gasteiger partial charge in [-0.25, -0.2) is 9.78 Å². The molecule has 0 saturated carbocycles. The SMILES string of the molecule is Cc1ccc(NC(=O)N2CC[C@@H](CC(F)(F)F)C2)cc1-c1cc(N2CCOCC2)nc(N2CCCC2=O)c1. The quantitative estimate of drug-likeness (QED) is 0.598. The van der Waals surface area contributed by atoms with Crippen molar-refractivity contribution in [3.8, 4) is 11.1 Å². The second kappa shape index (κ2) is 10.8. The van der Waals surface area contributed by atoms with Crippen molar-refractivity contribution < 1.29 is 27.5 Å². The Morgan fingerprint density at radius 2 is 1.87 bits per heavy atom. The Morgan fingerprint density at radius 1 is 1.11 bits per heavy atom. The predicted octanol–water partition coefficient (Wildman–Crippen LogP) is 4.83. The van der Waals surface area contributed by atoms with Crippen LogP contribution < -0.4 is 15.1 Å². The average molecular weight is 532 g/mol. The molecular weight excluding hydrogens is 499 g/mol. The van der Waals surface area contributed by atoms with Crippen molar-refractivity contribution in [3.05, 3.63) is 35.9 Å². The molecular formula is C27H32F3N5O3. The first-order chi connectivity index (χ1) is 18.2. The minimum atomic E-state index is -4.23. The van der Waals surface area contributed by atoms with Gasteiger partial charge in [0, 0.05) is 51.3 Å². The molecule has 2 aromatic rings. The molecule has 3 saturated heterocycles. The summed E-state index contributed by atoms with van der Waals surface area (Å²) in [6.45, 7) is 5.58. The molecule has 1 aromatic heterocycles. The van der Waals surface area contributed by atoms with Crippen LogP contribution in [0, 0.1) is 12.8 Å². The predicted molar refractivity (Wildman–Crippen MR) is 138 cm³/mol. The van der Waals surface area contributed by atoms with Crippen molar-refractivity contribution >= 4 is 29.3 Å². The van der Waals surface area contributed by atoms with Gasteiger partial charge in [0.1, 0.15) is 11.6 Å². The van der Waals surface area contributed by atoms with Crippen LogP contribution in [0.15, 0.2) is 30.3 Å². The fourth-order valence-corrected chi connectivity index (χ4v) is 5.36. The van der Waals surface area contributed by atoms with Crippen LogP contribution in [-0.2, 0) is 9.53 Å². The minimum Gasteiger partial charge on any atom is -0.378 e. The van der Waals surface area contributed by atoms with Crippen molar-refractivity contribution in [2.24, 2.45) is 5.92 Å². The lowest BCUT2D eigenvalue weighted by Crippen LogP contribution is -2.37. The Morgan fingerprint density at radius 3 is 2.58 bits per heavy atom. The van der Waals surface area contributed by atoms with E-state index < -0.39 is 24.5 Å². The molecule has 0 radical (unpaired) electrons. The first kappa shape index (κ1) is 26.3. The zero-order valence-electron chi connectivity index (χ0n) is 21.4. The molecule has 3 aliphatic heterocycles. The average Bonchev–Trinajstić information content (AvgIpc) is 3.53. The molecule has 3 amide bonds. The summed E-state index contributed by atoms with van der Waals surface area (Å²) in [5.41, 5.74) is 3.28. The maximum Gasteiger partial charge on any atom is 0.389 e. The third-order valence-electron chi connectivity index (χ3n) is 7.38. The third-order valence-corrected chi connectivity index (χ3v) is 7.38. The van der Waals surface area contributed by atoms with E-state index in [-0.39, 0.29) is 12.5 Å².